The van der Waals surface area contributed by atoms with Crippen LogP contribution in [0.5, 0.6) is 0 Å². The van der Waals surface area contributed by atoms with Crippen LogP contribution in [0.25, 0.3) is 17.4 Å². The van der Waals surface area contributed by atoms with Crippen LogP contribution in [0.3, 0.4) is 0 Å². The number of nitriles is 1. The van der Waals surface area contributed by atoms with E-state index in [0.29, 0.717) is 28.3 Å². The van der Waals surface area contributed by atoms with Gasteiger partial charge in [0.15, 0.2) is 0 Å². The summed E-state index contributed by atoms with van der Waals surface area (Å²) in [5, 5.41) is 22.8. The van der Waals surface area contributed by atoms with Gasteiger partial charge >= 0.3 is 0 Å². The van der Waals surface area contributed by atoms with Gasteiger partial charge in [-0.2, -0.15) is 5.26 Å². The summed E-state index contributed by atoms with van der Waals surface area (Å²) in [5.41, 5.74) is 1.06. The van der Waals surface area contributed by atoms with Gasteiger partial charge in [-0.15, -0.1) is 0 Å². The van der Waals surface area contributed by atoms with Gasteiger partial charge in [0.25, 0.3) is 5.69 Å². The van der Waals surface area contributed by atoms with Gasteiger partial charge in [0.05, 0.1) is 21.7 Å². The molecule has 0 atom stereocenters. The molecule has 0 fully saturated rings. The molecule has 7 heteroatoms. The summed E-state index contributed by atoms with van der Waals surface area (Å²) < 4.78 is 5.58. The molecule has 0 saturated heterocycles. The first-order chi connectivity index (χ1) is 13.1. The zero-order valence-electron chi connectivity index (χ0n) is 14.0. The summed E-state index contributed by atoms with van der Waals surface area (Å²) >= 11 is 0. The number of para-hydroxylation sites is 2. The van der Waals surface area contributed by atoms with Crippen molar-refractivity contribution in [2.24, 2.45) is 0 Å². The molecular weight excluding hydrogens is 346 g/mol. The lowest BCUT2D eigenvalue weighted by atomic mass is 10.1. The monoisotopic (exact) mass is 359 g/mol. The summed E-state index contributed by atoms with van der Waals surface area (Å²) in [4.78, 5) is 22.7. The third kappa shape index (κ3) is 4.08. The maximum Gasteiger partial charge on any atom is 0.280 e. The predicted molar refractivity (Wildman–Crippen MR) is 99.6 cm³/mol. The van der Waals surface area contributed by atoms with Crippen LogP contribution in [0, 0.1) is 21.4 Å². The quantitative estimate of drug-likeness (QED) is 0.413. The molecule has 0 aliphatic rings. The third-order valence-electron chi connectivity index (χ3n) is 3.70. The predicted octanol–water partition coefficient (Wildman–Crippen LogP) is 4.38. The molecule has 1 amide bonds. The summed E-state index contributed by atoms with van der Waals surface area (Å²) in [6.07, 6.45) is 2.71. The molecule has 0 aliphatic heterocycles. The first kappa shape index (κ1) is 17.6. The van der Waals surface area contributed by atoms with E-state index in [1.807, 2.05) is 6.07 Å². The zero-order valence-corrected chi connectivity index (χ0v) is 14.0. The maximum atomic E-state index is 12.0. The highest BCUT2D eigenvalue weighted by atomic mass is 16.6. The molecule has 2 aromatic carbocycles. The molecule has 0 bridgehead atoms. The Morgan fingerprint density at radius 2 is 1.85 bits per heavy atom. The second-order valence-corrected chi connectivity index (χ2v) is 5.46. The average molecular weight is 359 g/mol. The maximum absolute atomic E-state index is 12.0. The van der Waals surface area contributed by atoms with E-state index in [-0.39, 0.29) is 5.69 Å². The Kier molecular flexibility index (Phi) is 5.10. The highest BCUT2D eigenvalue weighted by Gasteiger charge is 2.16. The number of furan rings is 1. The number of nitro groups is 1. The van der Waals surface area contributed by atoms with Crippen molar-refractivity contribution in [3.8, 4) is 17.4 Å². The number of nitrogens with zero attached hydrogens (tertiary/aromatic N) is 2. The number of amides is 1. The van der Waals surface area contributed by atoms with E-state index < -0.39 is 10.8 Å². The van der Waals surface area contributed by atoms with Crippen molar-refractivity contribution >= 4 is 23.4 Å². The lowest BCUT2D eigenvalue weighted by Gasteiger charge is -2.03. The summed E-state index contributed by atoms with van der Waals surface area (Å²) in [6.45, 7) is 0. The molecule has 0 saturated carbocycles. The Bertz CT molecular complexity index is 1080. The lowest BCUT2D eigenvalue weighted by molar-refractivity contribution is -0.384. The first-order valence-corrected chi connectivity index (χ1v) is 7.90. The minimum absolute atomic E-state index is 0.0618. The molecule has 3 rings (SSSR count). The first-order valence-electron chi connectivity index (χ1n) is 7.90. The van der Waals surface area contributed by atoms with Gasteiger partial charge < -0.3 is 9.73 Å². The smallest absolute Gasteiger partial charge is 0.280 e. The second-order valence-electron chi connectivity index (χ2n) is 5.46. The van der Waals surface area contributed by atoms with Crippen molar-refractivity contribution < 1.29 is 14.1 Å². The molecular formula is C20H13N3O4. The van der Waals surface area contributed by atoms with Crippen LogP contribution in [-0.2, 0) is 4.79 Å². The van der Waals surface area contributed by atoms with Gasteiger partial charge in [-0.05, 0) is 36.4 Å². The fourth-order valence-electron chi connectivity index (χ4n) is 2.45. The summed E-state index contributed by atoms with van der Waals surface area (Å²) in [5.74, 6) is 0.269. The van der Waals surface area contributed by atoms with Crippen LogP contribution in [-0.4, -0.2) is 10.8 Å². The molecule has 1 aromatic heterocycles. The number of hydrogen-bond donors (Lipinski definition) is 1. The van der Waals surface area contributed by atoms with Gasteiger partial charge in [-0.1, -0.05) is 24.3 Å². The van der Waals surface area contributed by atoms with Crippen molar-refractivity contribution in [2.45, 2.75) is 0 Å². The normalized spacial score (nSPS) is 10.5. The van der Waals surface area contributed by atoms with E-state index in [4.69, 9.17) is 9.68 Å². The van der Waals surface area contributed by atoms with E-state index in [2.05, 4.69) is 5.32 Å². The van der Waals surface area contributed by atoms with Crippen LogP contribution < -0.4 is 5.32 Å². The van der Waals surface area contributed by atoms with Crippen molar-refractivity contribution in [3.63, 3.8) is 0 Å². The SMILES string of the molecule is N#Cc1ccccc1NC(=O)/C=C/c1ccc(-c2ccccc2[N+](=O)[O-])o1. The molecule has 1 heterocycles. The number of nitro benzene ring substituents is 1. The standard InChI is InChI=1S/C20H13N3O4/c21-13-14-5-1-3-7-17(14)22-20(24)12-10-15-9-11-19(27-15)16-6-2-4-8-18(16)23(25)26/h1-12H,(H,22,24)/b12-10+. The van der Waals surface area contributed by atoms with E-state index in [1.165, 1.54) is 18.2 Å². The van der Waals surface area contributed by atoms with Gasteiger partial charge in [0.1, 0.15) is 17.6 Å². The number of anilines is 1. The Hall–Kier alpha value is -4.18. The number of rotatable bonds is 5. The summed E-state index contributed by atoms with van der Waals surface area (Å²) in [6, 6.07) is 18.1. The molecule has 0 aliphatic carbocycles. The number of carbonyl (C=O) groups excluding carboxylic acids is 1. The number of hydrogen-bond acceptors (Lipinski definition) is 5. The van der Waals surface area contributed by atoms with E-state index >= 15 is 0 Å². The van der Waals surface area contributed by atoms with Crippen molar-refractivity contribution in [1.29, 1.82) is 5.26 Å². The lowest BCUT2D eigenvalue weighted by Crippen LogP contribution is -2.08. The molecule has 132 valence electrons. The average Bonchev–Trinajstić information content (AvgIpc) is 3.15. The van der Waals surface area contributed by atoms with Gasteiger partial charge in [-0.25, -0.2) is 0 Å². The van der Waals surface area contributed by atoms with E-state index in [9.17, 15) is 14.9 Å². The summed E-state index contributed by atoms with van der Waals surface area (Å²) in [7, 11) is 0. The van der Waals surface area contributed by atoms with E-state index in [0.717, 1.165) is 0 Å². The molecule has 7 nitrogen and oxygen atoms in total. The van der Waals surface area contributed by atoms with Crippen LogP contribution >= 0.6 is 0 Å². The van der Waals surface area contributed by atoms with Crippen LogP contribution in [0.4, 0.5) is 11.4 Å². The molecule has 1 N–H and O–H groups in total. The van der Waals surface area contributed by atoms with Crippen molar-refractivity contribution in [2.75, 3.05) is 5.32 Å². The minimum Gasteiger partial charge on any atom is -0.456 e. The highest BCUT2D eigenvalue weighted by molar-refractivity contribution is 6.02. The molecule has 0 unspecified atom stereocenters. The highest BCUT2D eigenvalue weighted by Crippen LogP contribution is 2.31. The molecule has 0 radical (unpaired) electrons. The number of nitrogens with one attached hydrogen (secondary N) is 1. The Morgan fingerprint density at radius 3 is 2.63 bits per heavy atom. The fraction of sp³-hybridized carbons (Fsp3) is 0. The fourth-order valence-corrected chi connectivity index (χ4v) is 2.45. The van der Waals surface area contributed by atoms with Crippen LogP contribution in [0.2, 0.25) is 0 Å². The molecule has 3 aromatic rings. The van der Waals surface area contributed by atoms with Crippen LogP contribution in [0.1, 0.15) is 11.3 Å². The second kappa shape index (κ2) is 7.80. The Balaban J connectivity index is 1.75. The van der Waals surface area contributed by atoms with E-state index in [1.54, 1.807) is 54.6 Å². The van der Waals surface area contributed by atoms with Crippen molar-refractivity contribution in [1.82, 2.24) is 0 Å². The molecule has 27 heavy (non-hydrogen) atoms. The Labute approximate surface area is 154 Å². The third-order valence-corrected chi connectivity index (χ3v) is 3.70. The van der Waals surface area contributed by atoms with Crippen molar-refractivity contribution in [3.05, 3.63) is 88.2 Å². The van der Waals surface area contributed by atoms with Gasteiger partial charge in [-0.3, -0.25) is 14.9 Å². The zero-order chi connectivity index (χ0) is 19.2. The topological polar surface area (TPSA) is 109 Å². The number of carbonyl (C=O) groups is 1. The van der Waals surface area contributed by atoms with Gasteiger partial charge in [0, 0.05) is 12.1 Å². The van der Waals surface area contributed by atoms with Crippen LogP contribution in [0.15, 0.2) is 71.2 Å². The largest absolute Gasteiger partial charge is 0.456 e. The van der Waals surface area contributed by atoms with Gasteiger partial charge in [0.2, 0.25) is 5.91 Å². The molecule has 0 spiro atoms. The Morgan fingerprint density at radius 1 is 1.11 bits per heavy atom. The number of benzene rings is 2. The minimum atomic E-state index is -0.479.